The van der Waals surface area contributed by atoms with Gasteiger partial charge in [-0.2, -0.15) is 0 Å². The van der Waals surface area contributed by atoms with E-state index in [9.17, 15) is 0 Å². The summed E-state index contributed by atoms with van der Waals surface area (Å²) in [5.41, 5.74) is 42.8. The van der Waals surface area contributed by atoms with Gasteiger partial charge in [-0.05, 0) is 354 Å². The van der Waals surface area contributed by atoms with Crippen molar-refractivity contribution in [1.29, 1.82) is 0 Å². The van der Waals surface area contributed by atoms with Crippen LogP contribution < -0.4 is 4.74 Å². The fourth-order valence-electron chi connectivity index (χ4n) is 13.1. The van der Waals surface area contributed by atoms with Gasteiger partial charge in [0.1, 0.15) is 5.75 Å². The van der Waals surface area contributed by atoms with Gasteiger partial charge in [-0.25, -0.2) is 0 Å². The summed E-state index contributed by atoms with van der Waals surface area (Å²) in [6.45, 7) is 93.9. The minimum absolute atomic E-state index is 0.542. The molecule has 12 aromatic rings. The molecule has 0 bridgehead atoms. The van der Waals surface area contributed by atoms with Crippen LogP contribution in [-0.4, -0.2) is 12.1 Å². The van der Waals surface area contributed by atoms with Crippen molar-refractivity contribution >= 4 is 0 Å². The fraction of sp³-hybridized carbons (Fsp3) is 0.441. The van der Waals surface area contributed by atoms with Gasteiger partial charge in [0.05, 0.1) is 7.11 Å². The Kier molecular flexibility index (Phi) is 55.6. The molecular formula is C127H183NO. The Bertz CT molecular complexity index is 4620. The number of hydrogen-bond acceptors (Lipinski definition) is 2. The number of ether oxygens (including phenoxy) is 1. The monoisotopic (exact) mass is 1740 g/mol. The van der Waals surface area contributed by atoms with Crippen molar-refractivity contribution in [3.05, 3.63) is 409 Å². The number of benzene rings is 11. The lowest BCUT2D eigenvalue weighted by Gasteiger charge is -2.12. The summed E-state index contributed by atoms with van der Waals surface area (Å²) in [6, 6.07) is 83.3. The van der Waals surface area contributed by atoms with Gasteiger partial charge < -0.3 is 4.74 Å². The molecule has 0 aliphatic carbocycles. The summed E-state index contributed by atoms with van der Waals surface area (Å²) < 4.78 is 5.32. The molecule has 1 heterocycles. The third-order valence-electron chi connectivity index (χ3n) is 24.1. The Hall–Kier alpha value is -9.63. The Morgan fingerprint density at radius 2 is 0.388 bits per heavy atom. The number of methoxy groups -OCH3 is 1. The molecule has 0 amide bonds. The van der Waals surface area contributed by atoms with E-state index in [2.05, 4.69) is 533 Å². The highest BCUT2D eigenvalue weighted by Crippen LogP contribution is 2.29. The minimum atomic E-state index is 0.542. The first kappa shape index (κ1) is 117. The summed E-state index contributed by atoms with van der Waals surface area (Å²) in [5.74, 6) is 8.61. The predicted octanol–water partition coefficient (Wildman–Crippen LogP) is 39.0. The normalized spacial score (nSPS) is 10.5. The van der Waals surface area contributed by atoms with Gasteiger partial charge in [0, 0.05) is 11.9 Å². The molecule has 0 fully saturated rings. The lowest BCUT2D eigenvalue weighted by atomic mass is 9.95. The molecule has 0 spiro atoms. The number of pyridine rings is 1. The Balaban J connectivity index is 0.000000704. The maximum atomic E-state index is 5.32. The van der Waals surface area contributed by atoms with E-state index in [0.717, 1.165) is 5.75 Å². The highest BCUT2D eigenvalue weighted by atomic mass is 16.5. The topological polar surface area (TPSA) is 22.1 Å². The van der Waals surface area contributed by atoms with E-state index in [4.69, 9.17) is 4.74 Å². The van der Waals surface area contributed by atoms with Crippen molar-refractivity contribution < 1.29 is 4.74 Å². The first-order valence-corrected chi connectivity index (χ1v) is 48.5. The van der Waals surface area contributed by atoms with E-state index >= 15 is 0 Å². The maximum Gasteiger partial charge on any atom is 0.122 e. The van der Waals surface area contributed by atoms with Crippen molar-refractivity contribution in [1.82, 2.24) is 4.98 Å². The van der Waals surface area contributed by atoms with Crippen LogP contribution in [0.25, 0.3) is 0 Å². The van der Waals surface area contributed by atoms with Crippen LogP contribution in [0.5, 0.6) is 5.75 Å². The third kappa shape index (κ3) is 47.2. The molecular weight excluding hydrogens is 1560 g/mol. The summed E-state index contributed by atoms with van der Waals surface area (Å²) in [4.78, 5) is 4.28. The fourth-order valence-corrected chi connectivity index (χ4v) is 13.1. The highest BCUT2D eigenvalue weighted by Gasteiger charge is 2.10. The number of rotatable bonds is 13. The minimum Gasteiger partial charge on any atom is -0.496 e. The zero-order valence-electron chi connectivity index (χ0n) is 90.3. The maximum absolute atomic E-state index is 5.32. The molecule has 129 heavy (non-hydrogen) atoms. The summed E-state index contributed by atoms with van der Waals surface area (Å²) in [5, 5.41) is 0. The standard InChI is InChI=1S/C12H18O.C12H18.4C11H16.5C10H14.C9H13N/c1-8(2)11-6-9(3)10(4)12(7-11)13-5;1-8(2)12-6-9(3)11(5)10(4)7-12;4*1-8(2)11-6-5-9(3)10(4)7-11;2*1-8(2)10-6-4-9(3)5-7-10;3*1-8(2)10-6-4-5-9(3)7-10;1-7(2)9-5-4-8(3)6-10-9/h6-8H,1-5H3;6-8H,1-5H3;4*5-8H,1-4H3;5*4-8H,1-3H3;4-7H,1-3H3. The summed E-state index contributed by atoms with van der Waals surface area (Å²) >= 11 is 0. The van der Waals surface area contributed by atoms with Gasteiger partial charge in [0.15, 0.2) is 0 Å². The zero-order chi connectivity index (χ0) is 98.4. The van der Waals surface area contributed by atoms with Crippen LogP contribution in [0.3, 0.4) is 0 Å². The van der Waals surface area contributed by atoms with Gasteiger partial charge in [-0.3, -0.25) is 4.98 Å². The second-order valence-corrected chi connectivity index (χ2v) is 40.0. The smallest absolute Gasteiger partial charge is 0.122 e. The molecule has 2 nitrogen and oxygen atoms in total. The third-order valence-corrected chi connectivity index (χ3v) is 24.1. The summed E-state index contributed by atoms with van der Waals surface area (Å²) in [6.07, 6.45) is 1.91. The van der Waals surface area contributed by atoms with E-state index in [1.165, 1.54) is 173 Å². The summed E-state index contributed by atoms with van der Waals surface area (Å²) in [7, 11) is 1.73. The molecule has 11 aromatic carbocycles. The van der Waals surface area contributed by atoms with Gasteiger partial charge in [-0.15, -0.1) is 0 Å². The van der Waals surface area contributed by atoms with Crippen molar-refractivity contribution in [2.24, 2.45) is 0 Å². The molecule has 0 N–H and O–H groups in total. The van der Waals surface area contributed by atoms with E-state index in [0.29, 0.717) is 71.0 Å². The van der Waals surface area contributed by atoms with E-state index in [-0.39, 0.29) is 0 Å². The highest BCUT2D eigenvalue weighted by molar-refractivity contribution is 5.44. The van der Waals surface area contributed by atoms with Crippen LogP contribution in [0, 0.1) is 132 Å². The van der Waals surface area contributed by atoms with E-state index < -0.39 is 0 Å². The molecule has 0 saturated heterocycles. The van der Waals surface area contributed by atoms with E-state index in [1.807, 2.05) is 6.20 Å². The first-order valence-electron chi connectivity index (χ1n) is 48.5. The second-order valence-electron chi connectivity index (χ2n) is 40.0. The number of nitrogens with zero attached hydrogens (tertiary/aromatic N) is 1. The molecule has 2 heteroatoms. The van der Waals surface area contributed by atoms with Crippen molar-refractivity contribution in [2.75, 3.05) is 7.11 Å². The Morgan fingerprint density at radius 1 is 0.171 bits per heavy atom. The van der Waals surface area contributed by atoms with Crippen LogP contribution in [0.2, 0.25) is 0 Å². The van der Waals surface area contributed by atoms with Crippen LogP contribution >= 0.6 is 0 Å². The second kappa shape index (κ2) is 61.1. The van der Waals surface area contributed by atoms with Crippen molar-refractivity contribution in [2.45, 2.75) is 369 Å². The Morgan fingerprint density at radius 3 is 0.589 bits per heavy atom. The van der Waals surface area contributed by atoms with Crippen LogP contribution in [-0.2, 0) is 0 Å². The Labute approximate surface area is 795 Å². The van der Waals surface area contributed by atoms with Crippen molar-refractivity contribution in [3.63, 3.8) is 0 Å². The van der Waals surface area contributed by atoms with Gasteiger partial charge in [-0.1, -0.05) is 412 Å². The zero-order valence-corrected chi connectivity index (χ0v) is 90.3. The van der Waals surface area contributed by atoms with Gasteiger partial charge in [0.25, 0.3) is 0 Å². The van der Waals surface area contributed by atoms with Crippen LogP contribution in [0.15, 0.2) is 237 Å². The first-order chi connectivity index (χ1) is 60.2. The number of aromatic nitrogens is 1. The van der Waals surface area contributed by atoms with E-state index in [1.54, 1.807) is 7.11 Å². The molecule has 0 radical (unpaired) electrons. The molecule has 0 atom stereocenters. The number of hydrogen-bond donors (Lipinski definition) is 0. The largest absolute Gasteiger partial charge is 0.496 e. The molecule has 12 rings (SSSR count). The average molecular weight is 1740 g/mol. The molecule has 0 aliphatic heterocycles. The lowest BCUT2D eigenvalue weighted by molar-refractivity contribution is 0.410. The lowest BCUT2D eigenvalue weighted by Crippen LogP contribution is -1.95. The van der Waals surface area contributed by atoms with Gasteiger partial charge >= 0.3 is 0 Å². The quantitative estimate of drug-likeness (QED) is 0.115. The molecule has 702 valence electrons. The van der Waals surface area contributed by atoms with Crippen LogP contribution in [0.1, 0.15) is 410 Å². The molecule has 0 unspecified atom stereocenters. The average Bonchev–Trinajstić information content (AvgIpc) is 0.870. The van der Waals surface area contributed by atoms with Gasteiger partial charge in [0.2, 0.25) is 0 Å². The number of aryl methyl sites for hydroxylation is 17. The SMILES string of the molecule is COc1cc(C(C)C)cc(C)c1C.Cc1cc(C(C)C)cc(C)c1C.Cc1ccc(C(C)C)cc1.Cc1ccc(C(C)C)cc1.Cc1ccc(C(C)C)cc1C.Cc1ccc(C(C)C)cc1C.Cc1ccc(C(C)C)cc1C.Cc1ccc(C(C)C)cc1C.Cc1ccc(C(C)C)nc1.Cc1cccc(C(C)C)c1.Cc1cccc(C(C)C)c1.Cc1cccc(C(C)C)c1. The molecule has 0 saturated carbocycles. The molecule has 0 aliphatic rings. The van der Waals surface area contributed by atoms with Crippen molar-refractivity contribution in [3.8, 4) is 5.75 Å². The predicted molar refractivity (Wildman–Crippen MR) is 581 cm³/mol. The molecule has 1 aromatic heterocycles. The van der Waals surface area contributed by atoms with Crippen LogP contribution in [0.4, 0.5) is 0 Å².